The highest BCUT2D eigenvalue weighted by atomic mass is 32.1. The third-order valence-electron chi connectivity index (χ3n) is 13.9. The molecule has 1 aromatic heterocycles. The third kappa shape index (κ3) is 4.60. The molecule has 0 unspecified atom stereocenters. The molecule has 62 heavy (non-hydrogen) atoms. The Morgan fingerprint density at radius 3 is 1.34 bits per heavy atom. The molecule has 0 bridgehead atoms. The number of thiophene rings is 1. The fourth-order valence-electron chi connectivity index (χ4n) is 11.3. The fourth-order valence-corrected chi connectivity index (χ4v) is 12.6. The summed E-state index contributed by atoms with van der Waals surface area (Å²) >= 11 is 1.93. The molecule has 0 aliphatic carbocycles. The maximum atomic E-state index is 2.59. The van der Waals surface area contributed by atoms with E-state index in [1.54, 1.807) is 0 Å². The number of rotatable bonds is 2. The molecular formula is C58H37BN2S. The van der Waals surface area contributed by atoms with Crippen LogP contribution in [-0.4, -0.2) is 6.71 Å². The Labute approximate surface area is 363 Å². The normalized spacial score (nSPS) is 13.2. The summed E-state index contributed by atoms with van der Waals surface area (Å²) in [5.41, 5.74) is 12.7. The maximum absolute atomic E-state index is 2.59. The van der Waals surface area contributed by atoms with Crippen LogP contribution in [0.1, 0.15) is 11.1 Å². The summed E-state index contributed by atoms with van der Waals surface area (Å²) < 4.78 is 1.32. The second-order valence-electron chi connectivity index (χ2n) is 17.3. The van der Waals surface area contributed by atoms with Crippen LogP contribution in [0.15, 0.2) is 188 Å². The lowest BCUT2D eigenvalue weighted by molar-refractivity contribution is 1.27. The van der Waals surface area contributed by atoms with Crippen molar-refractivity contribution in [2.24, 2.45) is 0 Å². The van der Waals surface area contributed by atoms with Crippen LogP contribution >= 0.6 is 11.3 Å². The SMILES string of the molecule is Cc1ccc2c(c1)B1c3c(cccc3N(c3ccc4c5ccccc5c5ccccc5c4c3)c3sc4ccc(C)cc4c31)N2c1ccc2c3ccccc3c3ccccc3c2c1. The van der Waals surface area contributed by atoms with Crippen LogP contribution in [0.4, 0.5) is 33.4 Å². The van der Waals surface area contributed by atoms with Gasteiger partial charge < -0.3 is 9.80 Å². The van der Waals surface area contributed by atoms with Crippen molar-refractivity contribution in [3.8, 4) is 0 Å². The van der Waals surface area contributed by atoms with Crippen molar-refractivity contribution < 1.29 is 0 Å². The van der Waals surface area contributed by atoms with Gasteiger partial charge in [-0.2, -0.15) is 0 Å². The average Bonchev–Trinajstić information content (AvgIpc) is 3.69. The summed E-state index contributed by atoms with van der Waals surface area (Å²) in [5, 5.41) is 18.1. The highest BCUT2D eigenvalue weighted by Gasteiger charge is 2.45. The van der Waals surface area contributed by atoms with Gasteiger partial charge in [-0.05, 0) is 149 Å². The van der Waals surface area contributed by atoms with E-state index in [2.05, 4.69) is 212 Å². The minimum atomic E-state index is 0.0598. The number of fused-ring (bicyclic) bond motifs is 18. The number of nitrogens with zero attached hydrogens (tertiary/aromatic N) is 2. The van der Waals surface area contributed by atoms with Crippen LogP contribution in [-0.2, 0) is 0 Å². The highest BCUT2D eigenvalue weighted by Crippen LogP contribution is 2.49. The van der Waals surface area contributed by atoms with Crippen molar-refractivity contribution >= 4 is 143 Å². The predicted octanol–water partition coefficient (Wildman–Crippen LogP) is 14.5. The van der Waals surface area contributed by atoms with Crippen molar-refractivity contribution in [1.29, 1.82) is 0 Å². The lowest BCUT2D eigenvalue weighted by Gasteiger charge is -2.43. The molecule has 0 amide bonds. The first-order valence-corrected chi connectivity index (χ1v) is 22.4. The molecule has 12 aromatic rings. The molecule has 288 valence electrons. The molecule has 2 aliphatic heterocycles. The summed E-state index contributed by atoms with van der Waals surface area (Å²) in [4.78, 5) is 5.14. The number of benzene rings is 11. The zero-order valence-corrected chi connectivity index (χ0v) is 35.1. The van der Waals surface area contributed by atoms with Gasteiger partial charge in [-0.1, -0.05) is 151 Å². The van der Waals surface area contributed by atoms with E-state index in [1.165, 1.54) is 136 Å². The van der Waals surface area contributed by atoms with Gasteiger partial charge in [-0.15, -0.1) is 11.3 Å². The van der Waals surface area contributed by atoms with Crippen LogP contribution in [0.25, 0.3) is 74.7 Å². The Bertz CT molecular complexity index is 3870. The Hall–Kier alpha value is -7.40. The van der Waals surface area contributed by atoms with Gasteiger partial charge in [0.05, 0.1) is 5.00 Å². The first-order valence-electron chi connectivity index (χ1n) is 21.6. The van der Waals surface area contributed by atoms with Crippen molar-refractivity contribution in [3.05, 3.63) is 199 Å². The second kappa shape index (κ2) is 12.6. The summed E-state index contributed by atoms with van der Waals surface area (Å²) in [6, 6.07) is 71.1. The minimum Gasteiger partial charge on any atom is -0.311 e. The first-order chi connectivity index (χ1) is 30.6. The molecule has 0 radical (unpaired) electrons. The lowest BCUT2D eigenvalue weighted by Crippen LogP contribution is -2.61. The molecule has 14 rings (SSSR count). The summed E-state index contributed by atoms with van der Waals surface area (Å²) in [5.74, 6) is 0. The zero-order chi connectivity index (χ0) is 40.8. The second-order valence-corrected chi connectivity index (χ2v) is 18.4. The van der Waals surface area contributed by atoms with Crippen molar-refractivity contribution in [2.45, 2.75) is 13.8 Å². The molecule has 11 aromatic carbocycles. The predicted molar refractivity (Wildman–Crippen MR) is 270 cm³/mol. The van der Waals surface area contributed by atoms with Crippen LogP contribution in [0.3, 0.4) is 0 Å². The van der Waals surface area contributed by atoms with E-state index >= 15 is 0 Å². The molecule has 2 aliphatic rings. The van der Waals surface area contributed by atoms with Gasteiger partial charge in [0.25, 0.3) is 6.71 Å². The number of anilines is 6. The Kier molecular flexibility index (Phi) is 6.96. The third-order valence-corrected chi connectivity index (χ3v) is 15.1. The molecule has 0 fully saturated rings. The van der Waals surface area contributed by atoms with Gasteiger partial charge in [-0.3, -0.25) is 0 Å². The van der Waals surface area contributed by atoms with E-state index in [4.69, 9.17) is 0 Å². The number of hydrogen-bond donors (Lipinski definition) is 0. The summed E-state index contributed by atoms with van der Waals surface area (Å²) in [7, 11) is 0. The average molecular weight is 805 g/mol. The van der Waals surface area contributed by atoms with Crippen LogP contribution in [0.5, 0.6) is 0 Å². The van der Waals surface area contributed by atoms with E-state index in [0.29, 0.717) is 0 Å². The lowest BCUT2D eigenvalue weighted by atomic mass is 9.33. The molecule has 0 spiro atoms. The van der Waals surface area contributed by atoms with Gasteiger partial charge in [0, 0.05) is 33.1 Å². The van der Waals surface area contributed by atoms with Gasteiger partial charge in [0.2, 0.25) is 0 Å². The quantitative estimate of drug-likeness (QED) is 0.127. The molecule has 0 atom stereocenters. The fraction of sp³-hybridized carbons (Fsp3) is 0.0345. The molecule has 0 N–H and O–H groups in total. The largest absolute Gasteiger partial charge is 0.311 e. The molecule has 0 saturated carbocycles. The van der Waals surface area contributed by atoms with E-state index in [0.717, 1.165) is 0 Å². The van der Waals surface area contributed by atoms with Crippen molar-refractivity contribution in [1.82, 2.24) is 0 Å². The summed E-state index contributed by atoms with van der Waals surface area (Å²) in [6.45, 7) is 4.54. The van der Waals surface area contributed by atoms with Crippen molar-refractivity contribution in [2.75, 3.05) is 9.80 Å². The van der Waals surface area contributed by atoms with E-state index in [1.807, 2.05) is 11.3 Å². The van der Waals surface area contributed by atoms with E-state index in [9.17, 15) is 0 Å². The van der Waals surface area contributed by atoms with Gasteiger partial charge >= 0.3 is 0 Å². The van der Waals surface area contributed by atoms with Gasteiger partial charge in [0.15, 0.2) is 0 Å². The van der Waals surface area contributed by atoms with Crippen molar-refractivity contribution in [3.63, 3.8) is 0 Å². The highest BCUT2D eigenvalue weighted by molar-refractivity contribution is 7.26. The first kappa shape index (κ1) is 34.3. The van der Waals surface area contributed by atoms with Crippen LogP contribution in [0, 0.1) is 13.8 Å². The standard InChI is InChI=1S/C58H37BN2S/c1-34-23-29-55-50(30-34)56-58(62-55)61(37-25-27-47-43-17-6-4-13-39(43)41-15-8-10-19-45(41)49(47)33-37)54-21-11-20-53-57(54)59(56)51-31-35(2)22-28-52(51)60(53)36-24-26-46-42-16-5-3-12-38(42)40-14-7-9-18-44(40)48(46)32-36/h3-33H,1-2H3. The molecule has 0 saturated heterocycles. The molecule has 2 nitrogen and oxygen atoms in total. The number of aryl methyl sites for hydroxylation is 2. The van der Waals surface area contributed by atoms with Crippen LogP contribution < -0.4 is 26.2 Å². The molecule has 4 heteroatoms. The topological polar surface area (TPSA) is 6.48 Å². The zero-order valence-electron chi connectivity index (χ0n) is 34.3. The number of hydrogen-bond acceptors (Lipinski definition) is 3. The Morgan fingerprint density at radius 2 is 0.790 bits per heavy atom. The summed E-state index contributed by atoms with van der Waals surface area (Å²) in [6.07, 6.45) is 0. The smallest absolute Gasteiger partial charge is 0.254 e. The van der Waals surface area contributed by atoms with Gasteiger partial charge in [0.1, 0.15) is 0 Å². The van der Waals surface area contributed by atoms with Crippen LogP contribution in [0.2, 0.25) is 0 Å². The van der Waals surface area contributed by atoms with E-state index in [-0.39, 0.29) is 6.71 Å². The van der Waals surface area contributed by atoms with E-state index < -0.39 is 0 Å². The Morgan fingerprint density at radius 1 is 0.339 bits per heavy atom. The molecule has 3 heterocycles. The Balaban J connectivity index is 1.07. The van der Waals surface area contributed by atoms with Gasteiger partial charge in [-0.25, -0.2) is 0 Å². The molecular weight excluding hydrogens is 768 g/mol. The minimum absolute atomic E-state index is 0.0598. The monoisotopic (exact) mass is 804 g/mol. The maximum Gasteiger partial charge on any atom is 0.254 e.